The topological polar surface area (TPSA) is 33.2 Å². The summed E-state index contributed by atoms with van der Waals surface area (Å²) in [4.78, 5) is 19.0. The molecule has 126 valence electrons. The van der Waals surface area contributed by atoms with E-state index in [1.54, 1.807) is 12.3 Å². The van der Waals surface area contributed by atoms with Crippen LogP contribution >= 0.6 is 0 Å². The van der Waals surface area contributed by atoms with Gasteiger partial charge >= 0.3 is 0 Å². The van der Waals surface area contributed by atoms with Crippen LogP contribution in [0.5, 0.6) is 0 Å². The van der Waals surface area contributed by atoms with Gasteiger partial charge in [0.25, 0.3) is 0 Å². The number of benzene rings is 2. The Labute approximate surface area is 146 Å². The predicted molar refractivity (Wildman–Crippen MR) is 97.5 cm³/mol. The summed E-state index contributed by atoms with van der Waals surface area (Å²) in [5.41, 5.74) is 2.19. The zero-order chi connectivity index (χ0) is 17.8. The minimum absolute atomic E-state index is 0.111. The maximum atomic E-state index is 14.8. The fourth-order valence-electron chi connectivity index (χ4n) is 3.55. The van der Waals surface area contributed by atoms with Gasteiger partial charge in [-0.2, -0.15) is 0 Å². The van der Waals surface area contributed by atoms with E-state index < -0.39 is 5.41 Å². The molecular formula is C21H19FN2O. The van der Waals surface area contributed by atoms with Crippen molar-refractivity contribution in [3.63, 3.8) is 0 Å². The Kier molecular flexibility index (Phi) is 3.39. The molecule has 2 aromatic carbocycles. The van der Waals surface area contributed by atoms with Crippen LogP contribution in [0.2, 0.25) is 0 Å². The molecule has 0 spiro atoms. The van der Waals surface area contributed by atoms with Crippen LogP contribution in [-0.4, -0.2) is 10.9 Å². The summed E-state index contributed by atoms with van der Waals surface area (Å²) in [6, 6.07) is 14.6. The van der Waals surface area contributed by atoms with Crippen LogP contribution < -0.4 is 4.90 Å². The van der Waals surface area contributed by atoms with Crippen molar-refractivity contribution in [3.05, 3.63) is 66.1 Å². The lowest BCUT2D eigenvalue weighted by Gasteiger charge is -2.43. The minimum atomic E-state index is -0.435. The highest BCUT2D eigenvalue weighted by molar-refractivity contribution is 6.06. The van der Waals surface area contributed by atoms with E-state index in [1.807, 2.05) is 57.2 Å². The van der Waals surface area contributed by atoms with Crippen LogP contribution in [0.15, 0.2) is 54.7 Å². The van der Waals surface area contributed by atoms with Crippen LogP contribution in [0.25, 0.3) is 10.9 Å². The zero-order valence-corrected chi connectivity index (χ0v) is 14.5. The third-order valence-corrected chi connectivity index (χ3v) is 5.41. The number of hydrogen-bond donors (Lipinski definition) is 0. The molecule has 3 aromatic rings. The van der Waals surface area contributed by atoms with E-state index in [0.29, 0.717) is 11.4 Å². The summed E-state index contributed by atoms with van der Waals surface area (Å²) in [6.45, 7) is 5.88. The number of aromatic nitrogens is 1. The summed E-state index contributed by atoms with van der Waals surface area (Å²) in [6.07, 6.45) is 1.64. The van der Waals surface area contributed by atoms with Crippen molar-refractivity contribution in [3.8, 4) is 0 Å². The molecule has 2 heterocycles. The van der Waals surface area contributed by atoms with Gasteiger partial charge in [0.15, 0.2) is 0 Å². The van der Waals surface area contributed by atoms with Crippen LogP contribution in [0.4, 0.5) is 15.8 Å². The lowest BCUT2D eigenvalue weighted by atomic mass is 9.70. The number of fused-ring (bicyclic) bond motifs is 2. The second-order valence-corrected chi connectivity index (χ2v) is 7.14. The van der Waals surface area contributed by atoms with Gasteiger partial charge in [0.2, 0.25) is 5.91 Å². The molecule has 0 N–H and O–H groups in total. The van der Waals surface area contributed by atoms with Gasteiger partial charge in [-0.05, 0) is 23.8 Å². The molecule has 0 saturated carbocycles. The Balaban J connectivity index is 1.98. The zero-order valence-electron chi connectivity index (χ0n) is 14.5. The number of carbonyl (C=O) groups is 1. The molecule has 1 aromatic heterocycles. The van der Waals surface area contributed by atoms with Crippen LogP contribution in [-0.2, 0) is 10.2 Å². The second kappa shape index (κ2) is 5.38. The highest BCUT2D eigenvalue weighted by atomic mass is 19.1. The van der Waals surface area contributed by atoms with Gasteiger partial charge in [0, 0.05) is 16.7 Å². The molecule has 1 aliphatic heterocycles. The number of para-hydroxylation sites is 2. The third kappa shape index (κ3) is 2.24. The molecule has 25 heavy (non-hydrogen) atoms. The van der Waals surface area contributed by atoms with Crippen LogP contribution in [0.1, 0.15) is 26.3 Å². The number of nitrogens with zero attached hydrogens (tertiary/aromatic N) is 2. The highest BCUT2D eigenvalue weighted by Crippen LogP contribution is 2.47. The van der Waals surface area contributed by atoms with E-state index in [2.05, 4.69) is 4.98 Å². The van der Waals surface area contributed by atoms with Gasteiger partial charge in [0.1, 0.15) is 5.82 Å². The maximum absolute atomic E-state index is 14.8. The second-order valence-electron chi connectivity index (χ2n) is 7.14. The molecule has 1 amide bonds. The Bertz CT molecular complexity index is 996. The van der Waals surface area contributed by atoms with Gasteiger partial charge in [-0.1, -0.05) is 51.1 Å². The van der Waals surface area contributed by atoms with Crippen LogP contribution in [0.3, 0.4) is 0 Å². The van der Waals surface area contributed by atoms with Crippen molar-refractivity contribution >= 4 is 28.2 Å². The number of halogens is 1. The van der Waals surface area contributed by atoms with Crippen molar-refractivity contribution < 1.29 is 9.18 Å². The molecule has 0 radical (unpaired) electrons. The summed E-state index contributed by atoms with van der Waals surface area (Å²) in [5.74, 6) is -0.771. The fraction of sp³-hybridized carbons (Fsp3) is 0.238. The molecule has 3 nitrogen and oxygen atoms in total. The molecule has 0 saturated heterocycles. The van der Waals surface area contributed by atoms with E-state index in [0.717, 1.165) is 16.5 Å². The van der Waals surface area contributed by atoms with Crippen molar-refractivity contribution in [2.24, 2.45) is 5.92 Å². The smallest absolute Gasteiger partial charge is 0.235 e. The van der Waals surface area contributed by atoms with E-state index in [9.17, 15) is 9.18 Å². The van der Waals surface area contributed by atoms with E-state index in [-0.39, 0.29) is 17.6 Å². The number of amides is 1. The first-order valence-electron chi connectivity index (χ1n) is 8.39. The summed E-state index contributed by atoms with van der Waals surface area (Å²) >= 11 is 0. The first-order chi connectivity index (χ1) is 11.9. The average Bonchev–Trinajstić information content (AvgIpc) is 2.61. The molecular weight excluding hydrogens is 315 g/mol. The molecule has 0 bridgehead atoms. The molecule has 1 aliphatic rings. The molecule has 1 unspecified atom stereocenters. The minimum Gasteiger partial charge on any atom is -0.276 e. The molecule has 4 rings (SSSR count). The predicted octanol–water partition coefficient (Wildman–Crippen LogP) is 4.97. The SMILES string of the molecule is CC1C(=O)N(c2cnc3ccccc3c2)c2c(F)cccc2C1(C)C. The number of rotatable bonds is 1. The standard InChI is InChI=1S/C21H19FN2O/c1-13-20(25)24(15-11-14-7-4-5-10-18(14)23-12-15)19-16(21(13,2)3)8-6-9-17(19)22/h4-13H,1-3H3. The van der Waals surface area contributed by atoms with Gasteiger partial charge < -0.3 is 0 Å². The fourth-order valence-corrected chi connectivity index (χ4v) is 3.55. The molecule has 0 fully saturated rings. The van der Waals surface area contributed by atoms with Gasteiger partial charge in [-0.25, -0.2) is 4.39 Å². The Morgan fingerprint density at radius 1 is 1.12 bits per heavy atom. The van der Waals surface area contributed by atoms with E-state index >= 15 is 0 Å². The number of pyridine rings is 1. The number of anilines is 2. The third-order valence-electron chi connectivity index (χ3n) is 5.41. The van der Waals surface area contributed by atoms with Gasteiger partial charge in [-0.15, -0.1) is 0 Å². The van der Waals surface area contributed by atoms with Crippen molar-refractivity contribution in [1.82, 2.24) is 4.98 Å². The molecule has 1 atom stereocenters. The Morgan fingerprint density at radius 2 is 1.88 bits per heavy atom. The summed E-state index contributed by atoms with van der Waals surface area (Å²) in [7, 11) is 0. The van der Waals surface area contributed by atoms with Gasteiger partial charge in [-0.3, -0.25) is 14.7 Å². The van der Waals surface area contributed by atoms with Crippen molar-refractivity contribution in [1.29, 1.82) is 0 Å². The van der Waals surface area contributed by atoms with E-state index in [1.165, 1.54) is 11.0 Å². The molecule has 4 heteroatoms. The number of carbonyl (C=O) groups excluding carboxylic acids is 1. The first-order valence-corrected chi connectivity index (χ1v) is 8.39. The quantitative estimate of drug-likeness (QED) is 0.630. The van der Waals surface area contributed by atoms with Crippen LogP contribution in [0, 0.1) is 11.7 Å². The largest absolute Gasteiger partial charge is 0.276 e. The lowest BCUT2D eigenvalue weighted by Crippen LogP contribution is -2.46. The Morgan fingerprint density at radius 3 is 2.68 bits per heavy atom. The van der Waals surface area contributed by atoms with E-state index in [4.69, 9.17) is 0 Å². The van der Waals surface area contributed by atoms with Crippen molar-refractivity contribution in [2.45, 2.75) is 26.2 Å². The summed E-state index contributed by atoms with van der Waals surface area (Å²) < 4.78 is 14.8. The molecule has 0 aliphatic carbocycles. The Hall–Kier alpha value is -2.75. The summed E-state index contributed by atoms with van der Waals surface area (Å²) in [5, 5.41) is 0.920. The monoisotopic (exact) mass is 334 g/mol. The number of hydrogen-bond acceptors (Lipinski definition) is 2. The maximum Gasteiger partial charge on any atom is 0.235 e. The first kappa shape index (κ1) is 15.8. The lowest BCUT2D eigenvalue weighted by molar-refractivity contribution is -0.123. The van der Waals surface area contributed by atoms with Gasteiger partial charge in [0.05, 0.1) is 23.1 Å². The van der Waals surface area contributed by atoms with Crippen molar-refractivity contribution in [2.75, 3.05) is 4.90 Å². The average molecular weight is 334 g/mol. The normalized spacial score (nSPS) is 19.1. The highest BCUT2D eigenvalue weighted by Gasteiger charge is 2.44.